The monoisotopic (exact) mass is 232 g/mol. The highest BCUT2D eigenvalue weighted by atomic mass is 15.1. The average molecular weight is 232 g/mol. The van der Waals surface area contributed by atoms with Gasteiger partial charge in [0.1, 0.15) is 5.82 Å². The number of nitrogens with zero attached hydrogens (tertiary/aromatic N) is 3. The molecule has 0 aliphatic rings. The van der Waals surface area contributed by atoms with Crippen molar-refractivity contribution in [3.8, 4) is 0 Å². The largest absolute Gasteiger partial charge is 0.348 e. The summed E-state index contributed by atoms with van der Waals surface area (Å²) in [5, 5.41) is 0. The van der Waals surface area contributed by atoms with Crippen LogP contribution in [0.5, 0.6) is 0 Å². The standard InChI is InChI=1S/C11H14N4.C2H6/c1-15(9-11-13-5-6-14-11)8-10-3-2-4-12-7-10;1-2/h2-7H,8-9H2,1H3,(H,13,14);1-2H3. The van der Waals surface area contributed by atoms with Crippen LogP contribution in [-0.2, 0) is 13.1 Å². The Bertz CT molecular complexity index is 383. The lowest BCUT2D eigenvalue weighted by atomic mass is 10.3. The van der Waals surface area contributed by atoms with E-state index in [2.05, 4.69) is 33.0 Å². The molecular weight excluding hydrogens is 212 g/mol. The maximum atomic E-state index is 4.18. The molecule has 0 aliphatic heterocycles. The third kappa shape index (κ3) is 4.78. The number of H-pyrrole nitrogens is 1. The molecule has 0 unspecified atom stereocenters. The van der Waals surface area contributed by atoms with E-state index in [9.17, 15) is 0 Å². The van der Waals surface area contributed by atoms with Gasteiger partial charge in [-0.05, 0) is 18.7 Å². The maximum absolute atomic E-state index is 4.18. The van der Waals surface area contributed by atoms with Gasteiger partial charge in [0.05, 0.1) is 6.54 Å². The van der Waals surface area contributed by atoms with Crippen LogP contribution < -0.4 is 0 Å². The Morgan fingerprint density at radius 1 is 1.24 bits per heavy atom. The molecule has 92 valence electrons. The molecule has 0 aliphatic carbocycles. The van der Waals surface area contributed by atoms with Crippen molar-refractivity contribution in [2.75, 3.05) is 7.05 Å². The van der Waals surface area contributed by atoms with Crippen molar-refractivity contribution < 1.29 is 0 Å². The average Bonchev–Trinajstić information content (AvgIpc) is 2.85. The Hall–Kier alpha value is -1.68. The Labute approximate surface area is 103 Å². The Morgan fingerprint density at radius 3 is 2.65 bits per heavy atom. The smallest absolute Gasteiger partial charge is 0.120 e. The van der Waals surface area contributed by atoms with Crippen molar-refractivity contribution in [1.82, 2.24) is 19.9 Å². The second kappa shape index (κ2) is 7.57. The maximum Gasteiger partial charge on any atom is 0.120 e. The first-order chi connectivity index (χ1) is 8.34. The third-order valence-electron chi connectivity index (χ3n) is 2.15. The van der Waals surface area contributed by atoms with E-state index in [-0.39, 0.29) is 0 Å². The lowest BCUT2D eigenvalue weighted by molar-refractivity contribution is 0.311. The SMILES string of the molecule is CC.CN(Cc1cccnc1)Cc1ncc[nH]1. The van der Waals surface area contributed by atoms with Crippen molar-refractivity contribution in [3.05, 3.63) is 48.3 Å². The molecule has 0 amide bonds. The van der Waals surface area contributed by atoms with E-state index in [0.717, 1.165) is 18.9 Å². The number of aromatic nitrogens is 3. The molecule has 0 spiro atoms. The summed E-state index contributed by atoms with van der Waals surface area (Å²) in [5.41, 5.74) is 1.21. The number of hydrogen-bond acceptors (Lipinski definition) is 3. The van der Waals surface area contributed by atoms with Gasteiger partial charge in [-0.2, -0.15) is 0 Å². The minimum atomic E-state index is 0.821. The molecule has 0 bridgehead atoms. The van der Waals surface area contributed by atoms with E-state index >= 15 is 0 Å². The van der Waals surface area contributed by atoms with Crippen LogP contribution in [0.4, 0.5) is 0 Å². The van der Waals surface area contributed by atoms with E-state index in [1.807, 2.05) is 32.3 Å². The lowest BCUT2D eigenvalue weighted by Crippen LogP contribution is -2.18. The summed E-state index contributed by atoms with van der Waals surface area (Å²) in [6.07, 6.45) is 7.29. The summed E-state index contributed by atoms with van der Waals surface area (Å²) in [7, 11) is 2.06. The summed E-state index contributed by atoms with van der Waals surface area (Å²) >= 11 is 0. The van der Waals surface area contributed by atoms with Gasteiger partial charge in [-0.1, -0.05) is 19.9 Å². The molecule has 2 aromatic rings. The van der Waals surface area contributed by atoms with Crippen LogP contribution in [0.15, 0.2) is 36.9 Å². The van der Waals surface area contributed by atoms with E-state index in [4.69, 9.17) is 0 Å². The third-order valence-corrected chi connectivity index (χ3v) is 2.15. The predicted molar refractivity (Wildman–Crippen MR) is 69.3 cm³/mol. The van der Waals surface area contributed by atoms with E-state index in [1.54, 1.807) is 12.4 Å². The highest BCUT2D eigenvalue weighted by Gasteiger charge is 2.02. The van der Waals surface area contributed by atoms with Crippen LogP contribution in [0.3, 0.4) is 0 Å². The van der Waals surface area contributed by atoms with Gasteiger partial charge in [0.2, 0.25) is 0 Å². The first-order valence-corrected chi connectivity index (χ1v) is 5.90. The van der Waals surface area contributed by atoms with Gasteiger partial charge in [0.15, 0.2) is 0 Å². The molecule has 2 heterocycles. The second-order valence-corrected chi connectivity index (χ2v) is 3.57. The van der Waals surface area contributed by atoms with E-state index in [1.165, 1.54) is 5.56 Å². The van der Waals surface area contributed by atoms with Crippen LogP contribution in [0.1, 0.15) is 25.2 Å². The number of pyridine rings is 1. The molecule has 1 N–H and O–H groups in total. The summed E-state index contributed by atoms with van der Waals surface area (Å²) in [5.74, 6) is 0.987. The van der Waals surface area contributed by atoms with E-state index < -0.39 is 0 Å². The second-order valence-electron chi connectivity index (χ2n) is 3.57. The number of rotatable bonds is 4. The van der Waals surface area contributed by atoms with Crippen LogP contribution >= 0.6 is 0 Å². The van der Waals surface area contributed by atoms with Gasteiger partial charge in [-0.15, -0.1) is 0 Å². The summed E-state index contributed by atoms with van der Waals surface area (Å²) < 4.78 is 0. The molecule has 4 heteroatoms. The molecule has 0 saturated heterocycles. The number of hydrogen-bond donors (Lipinski definition) is 1. The molecule has 0 radical (unpaired) electrons. The number of aromatic amines is 1. The first kappa shape index (κ1) is 13.4. The minimum absolute atomic E-state index is 0.821. The zero-order valence-corrected chi connectivity index (χ0v) is 10.7. The molecule has 0 aromatic carbocycles. The van der Waals surface area contributed by atoms with Gasteiger partial charge in [-0.3, -0.25) is 9.88 Å². The summed E-state index contributed by atoms with van der Waals surface area (Å²) in [6, 6.07) is 4.03. The van der Waals surface area contributed by atoms with Crippen LogP contribution in [0.2, 0.25) is 0 Å². The first-order valence-electron chi connectivity index (χ1n) is 5.90. The Balaban J connectivity index is 0.000000686. The van der Waals surface area contributed by atoms with Crippen LogP contribution in [0, 0.1) is 0 Å². The summed E-state index contributed by atoms with van der Waals surface area (Å²) in [6.45, 7) is 5.70. The van der Waals surface area contributed by atoms with Crippen LogP contribution in [0.25, 0.3) is 0 Å². The zero-order chi connectivity index (χ0) is 12.5. The van der Waals surface area contributed by atoms with Gasteiger partial charge in [-0.25, -0.2) is 4.98 Å². The quantitative estimate of drug-likeness (QED) is 0.880. The molecule has 0 saturated carbocycles. The fourth-order valence-electron chi connectivity index (χ4n) is 1.50. The van der Waals surface area contributed by atoms with Gasteiger partial charge < -0.3 is 4.98 Å². The van der Waals surface area contributed by atoms with Gasteiger partial charge in [0.25, 0.3) is 0 Å². The topological polar surface area (TPSA) is 44.8 Å². The highest BCUT2D eigenvalue weighted by molar-refractivity contribution is 5.08. The fraction of sp³-hybridized carbons (Fsp3) is 0.385. The Kier molecular flexibility index (Phi) is 5.96. The molecule has 2 aromatic heterocycles. The van der Waals surface area contributed by atoms with E-state index in [0.29, 0.717) is 0 Å². The lowest BCUT2D eigenvalue weighted by Gasteiger charge is -2.14. The zero-order valence-electron chi connectivity index (χ0n) is 10.7. The van der Waals surface area contributed by atoms with Crippen molar-refractivity contribution in [1.29, 1.82) is 0 Å². The minimum Gasteiger partial charge on any atom is -0.348 e. The number of imidazole rings is 1. The van der Waals surface area contributed by atoms with Crippen molar-refractivity contribution in [2.45, 2.75) is 26.9 Å². The normalized spacial score (nSPS) is 9.88. The number of nitrogens with one attached hydrogen (secondary N) is 1. The molecule has 4 nitrogen and oxygen atoms in total. The van der Waals surface area contributed by atoms with Crippen LogP contribution in [-0.4, -0.2) is 26.9 Å². The van der Waals surface area contributed by atoms with Gasteiger partial charge in [0, 0.05) is 31.3 Å². The van der Waals surface area contributed by atoms with Crippen molar-refractivity contribution >= 4 is 0 Å². The molecule has 2 rings (SSSR count). The molecule has 0 fully saturated rings. The van der Waals surface area contributed by atoms with Crippen molar-refractivity contribution in [2.24, 2.45) is 0 Å². The molecule has 17 heavy (non-hydrogen) atoms. The molecule has 0 atom stereocenters. The fourth-order valence-corrected chi connectivity index (χ4v) is 1.50. The predicted octanol–water partition coefficient (Wildman–Crippen LogP) is 2.46. The van der Waals surface area contributed by atoms with Gasteiger partial charge >= 0.3 is 0 Å². The summed E-state index contributed by atoms with van der Waals surface area (Å²) in [4.78, 5) is 13.5. The Morgan fingerprint density at radius 2 is 2.06 bits per heavy atom. The van der Waals surface area contributed by atoms with Crippen molar-refractivity contribution in [3.63, 3.8) is 0 Å². The highest BCUT2D eigenvalue weighted by Crippen LogP contribution is 2.03. The molecular formula is C13H20N4.